The van der Waals surface area contributed by atoms with E-state index in [4.69, 9.17) is 10.5 Å². The van der Waals surface area contributed by atoms with Gasteiger partial charge in [-0.3, -0.25) is 0 Å². The number of carbonyl (C=O) groups is 1. The number of hydrogen-bond donors (Lipinski definition) is 1. The second-order valence-corrected chi connectivity index (χ2v) is 4.37. The topological polar surface area (TPSA) is 57.2 Å². The zero-order valence-electron chi connectivity index (χ0n) is 9.56. The molecule has 88 valence electrons. The summed E-state index contributed by atoms with van der Waals surface area (Å²) in [4.78, 5) is 11.5. The molecule has 0 aliphatic heterocycles. The van der Waals surface area contributed by atoms with Gasteiger partial charge in [0, 0.05) is 18.3 Å². The Kier molecular flexibility index (Phi) is 3.29. The molecule has 4 heteroatoms. The van der Waals surface area contributed by atoms with Gasteiger partial charge in [-0.2, -0.15) is 0 Å². The maximum atomic E-state index is 11.5. The third kappa shape index (κ3) is 2.11. The minimum atomic E-state index is -0.274. The van der Waals surface area contributed by atoms with Gasteiger partial charge in [0.25, 0.3) is 0 Å². The zero-order valence-corrected chi connectivity index (χ0v) is 9.56. The molecular weight excluding hydrogens is 204 g/mol. The second kappa shape index (κ2) is 4.70. The number of nitrogens with two attached hydrogens (primary N) is 1. The molecule has 0 bridgehead atoms. The molecule has 1 aromatic heterocycles. The quantitative estimate of drug-likeness (QED) is 0.775. The zero-order chi connectivity index (χ0) is 11.5. The maximum Gasteiger partial charge on any atom is 0.354 e. The Hall–Kier alpha value is -1.29. The average molecular weight is 222 g/mol. The van der Waals surface area contributed by atoms with Crippen LogP contribution in [0.2, 0.25) is 0 Å². The van der Waals surface area contributed by atoms with Crippen molar-refractivity contribution < 1.29 is 9.53 Å². The van der Waals surface area contributed by atoms with E-state index in [2.05, 4.69) is 0 Å². The molecule has 2 rings (SSSR count). The van der Waals surface area contributed by atoms with Crippen molar-refractivity contribution in [3.8, 4) is 0 Å². The van der Waals surface area contributed by atoms with E-state index in [-0.39, 0.29) is 12.0 Å². The molecule has 1 saturated carbocycles. The molecular formula is C12H18N2O2. The van der Waals surface area contributed by atoms with Crippen LogP contribution in [0.1, 0.15) is 42.2 Å². The van der Waals surface area contributed by atoms with E-state index >= 15 is 0 Å². The Labute approximate surface area is 95.4 Å². The minimum Gasteiger partial charge on any atom is -0.464 e. The molecule has 2 unspecified atom stereocenters. The first-order chi connectivity index (χ1) is 7.72. The molecule has 1 aliphatic carbocycles. The summed E-state index contributed by atoms with van der Waals surface area (Å²) in [6.45, 7) is 0. The van der Waals surface area contributed by atoms with Crippen LogP contribution in [0.5, 0.6) is 0 Å². The van der Waals surface area contributed by atoms with Crippen LogP contribution in [-0.2, 0) is 4.74 Å². The molecule has 0 saturated heterocycles. The third-order valence-corrected chi connectivity index (χ3v) is 3.25. The van der Waals surface area contributed by atoms with Gasteiger partial charge in [0.05, 0.1) is 7.11 Å². The summed E-state index contributed by atoms with van der Waals surface area (Å²) in [6, 6.07) is 4.28. The summed E-state index contributed by atoms with van der Waals surface area (Å²) in [7, 11) is 1.41. The lowest BCUT2D eigenvalue weighted by molar-refractivity contribution is 0.0583. The first kappa shape index (κ1) is 11.2. The second-order valence-electron chi connectivity index (χ2n) is 4.37. The number of hydrogen-bond acceptors (Lipinski definition) is 3. The monoisotopic (exact) mass is 222 g/mol. The molecule has 2 N–H and O–H groups in total. The molecule has 1 heterocycles. The Morgan fingerprint density at radius 1 is 1.56 bits per heavy atom. The lowest BCUT2D eigenvalue weighted by Crippen LogP contribution is -2.30. The Morgan fingerprint density at radius 3 is 3.06 bits per heavy atom. The number of carbonyl (C=O) groups excluding carboxylic acids is 1. The average Bonchev–Trinajstić information content (AvgIpc) is 2.77. The van der Waals surface area contributed by atoms with Crippen molar-refractivity contribution in [2.75, 3.05) is 7.11 Å². The fourth-order valence-electron chi connectivity index (χ4n) is 2.44. The SMILES string of the molecule is COC(=O)c1cccn1C1CCCC(N)C1. The number of methoxy groups -OCH3 is 1. The molecule has 2 atom stereocenters. The third-order valence-electron chi connectivity index (χ3n) is 3.25. The molecule has 16 heavy (non-hydrogen) atoms. The van der Waals surface area contributed by atoms with Crippen LogP contribution in [0.25, 0.3) is 0 Å². The van der Waals surface area contributed by atoms with Gasteiger partial charge in [0.1, 0.15) is 5.69 Å². The van der Waals surface area contributed by atoms with E-state index < -0.39 is 0 Å². The molecule has 1 aromatic rings. The van der Waals surface area contributed by atoms with Crippen molar-refractivity contribution in [3.63, 3.8) is 0 Å². The highest BCUT2D eigenvalue weighted by molar-refractivity contribution is 5.87. The largest absolute Gasteiger partial charge is 0.464 e. The van der Waals surface area contributed by atoms with E-state index in [9.17, 15) is 4.79 Å². The molecule has 0 aromatic carbocycles. The predicted octanol–water partition coefficient (Wildman–Crippen LogP) is 1.72. The van der Waals surface area contributed by atoms with Crippen molar-refractivity contribution in [2.24, 2.45) is 5.73 Å². The van der Waals surface area contributed by atoms with Gasteiger partial charge in [-0.05, 0) is 37.8 Å². The van der Waals surface area contributed by atoms with Crippen LogP contribution >= 0.6 is 0 Å². The van der Waals surface area contributed by atoms with Crippen LogP contribution in [0.15, 0.2) is 18.3 Å². The number of rotatable bonds is 2. The first-order valence-electron chi connectivity index (χ1n) is 5.73. The van der Waals surface area contributed by atoms with Gasteiger partial charge in [-0.1, -0.05) is 0 Å². The van der Waals surface area contributed by atoms with E-state index in [0.29, 0.717) is 11.7 Å². The van der Waals surface area contributed by atoms with Crippen LogP contribution in [0.3, 0.4) is 0 Å². The lowest BCUT2D eigenvalue weighted by Gasteiger charge is -2.28. The Bertz CT molecular complexity index is 373. The Morgan fingerprint density at radius 2 is 2.38 bits per heavy atom. The molecule has 0 spiro atoms. The summed E-state index contributed by atoms with van der Waals surface area (Å²) >= 11 is 0. The van der Waals surface area contributed by atoms with Gasteiger partial charge in [-0.25, -0.2) is 4.79 Å². The van der Waals surface area contributed by atoms with Crippen LogP contribution in [-0.4, -0.2) is 23.7 Å². The fourth-order valence-corrected chi connectivity index (χ4v) is 2.44. The fraction of sp³-hybridized carbons (Fsp3) is 0.583. The van der Waals surface area contributed by atoms with Crippen molar-refractivity contribution in [1.29, 1.82) is 0 Å². The van der Waals surface area contributed by atoms with Crippen LogP contribution < -0.4 is 5.73 Å². The van der Waals surface area contributed by atoms with E-state index in [1.807, 2.05) is 16.8 Å². The van der Waals surface area contributed by atoms with Gasteiger partial charge >= 0.3 is 5.97 Å². The summed E-state index contributed by atoms with van der Waals surface area (Å²) in [5.74, 6) is -0.274. The number of nitrogens with zero attached hydrogens (tertiary/aromatic N) is 1. The molecule has 0 radical (unpaired) electrons. The molecule has 0 amide bonds. The van der Waals surface area contributed by atoms with Crippen LogP contribution in [0, 0.1) is 0 Å². The van der Waals surface area contributed by atoms with E-state index in [1.165, 1.54) is 7.11 Å². The summed E-state index contributed by atoms with van der Waals surface area (Å²) in [5, 5.41) is 0. The highest BCUT2D eigenvalue weighted by atomic mass is 16.5. The minimum absolute atomic E-state index is 0.256. The van der Waals surface area contributed by atoms with Gasteiger partial charge in [0.15, 0.2) is 0 Å². The van der Waals surface area contributed by atoms with Crippen molar-refractivity contribution in [1.82, 2.24) is 4.57 Å². The number of aromatic nitrogens is 1. The Balaban J connectivity index is 2.19. The maximum absolute atomic E-state index is 11.5. The number of ether oxygens (including phenoxy) is 1. The smallest absolute Gasteiger partial charge is 0.354 e. The van der Waals surface area contributed by atoms with Gasteiger partial charge < -0.3 is 15.0 Å². The number of esters is 1. The molecule has 1 aliphatic rings. The van der Waals surface area contributed by atoms with Crippen molar-refractivity contribution in [2.45, 2.75) is 37.8 Å². The van der Waals surface area contributed by atoms with Crippen LogP contribution in [0.4, 0.5) is 0 Å². The van der Waals surface area contributed by atoms with Gasteiger partial charge in [-0.15, -0.1) is 0 Å². The van der Waals surface area contributed by atoms with E-state index in [0.717, 1.165) is 25.7 Å². The molecule has 1 fully saturated rings. The summed E-state index contributed by atoms with van der Waals surface area (Å²) < 4.78 is 6.77. The highest BCUT2D eigenvalue weighted by Crippen LogP contribution is 2.29. The highest BCUT2D eigenvalue weighted by Gasteiger charge is 2.23. The lowest BCUT2D eigenvalue weighted by atomic mass is 9.91. The van der Waals surface area contributed by atoms with Gasteiger partial charge in [0.2, 0.25) is 0 Å². The summed E-state index contributed by atoms with van der Waals surface area (Å²) in [5.41, 5.74) is 6.59. The standard InChI is InChI=1S/C12H18N2O2/c1-16-12(15)11-6-3-7-14(11)10-5-2-4-9(13)8-10/h3,6-7,9-10H,2,4-5,8,13H2,1H3. The van der Waals surface area contributed by atoms with E-state index in [1.54, 1.807) is 6.07 Å². The van der Waals surface area contributed by atoms with Crippen molar-refractivity contribution in [3.05, 3.63) is 24.0 Å². The first-order valence-corrected chi connectivity index (χ1v) is 5.73. The normalized spacial score (nSPS) is 25.4. The predicted molar refractivity (Wildman–Crippen MR) is 61.3 cm³/mol. The molecule has 4 nitrogen and oxygen atoms in total. The summed E-state index contributed by atoms with van der Waals surface area (Å²) in [6.07, 6.45) is 6.19. The van der Waals surface area contributed by atoms with Crippen molar-refractivity contribution >= 4 is 5.97 Å².